The molecule has 1 aromatic carbocycles. The van der Waals surface area contributed by atoms with Crippen LogP contribution in [0, 0.1) is 0 Å². The van der Waals surface area contributed by atoms with E-state index in [1.807, 2.05) is 6.07 Å². The molecule has 4 nitrogen and oxygen atoms in total. The molecule has 2 aliphatic rings. The van der Waals surface area contributed by atoms with Gasteiger partial charge in [0.1, 0.15) is 5.75 Å². The number of ether oxygens (including phenoxy) is 1. The van der Waals surface area contributed by atoms with E-state index in [4.69, 9.17) is 4.74 Å². The molecule has 0 bridgehead atoms. The average molecular weight is 234 g/mol. The van der Waals surface area contributed by atoms with Gasteiger partial charge in [0, 0.05) is 5.56 Å². The van der Waals surface area contributed by atoms with Crippen molar-refractivity contribution in [1.82, 2.24) is 0 Å². The van der Waals surface area contributed by atoms with Gasteiger partial charge in [0.25, 0.3) is 0 Å². The fourth-order valence-corrected chi connectivity index (χ4v) is 2.73. The van der Waals surface area contributed by atoms with Crippen molar-refractivity contribution in [2.24, 2.45) is 0 Å². The molecule has 90 valence electrons. The lowest BCUT2D eigenvalue weighted by Gasteiger charge is -2.38. The van der Waals surface area contributed by atoms with Crippen LogP contribution in [-0.4, -0.2) is 16.2 Å². The van der Waals surface area contributed by atoms with E-state index in [2.05, 4.69) is 0 Å². The lowest BCUT2D eigenvalue weighted by molar-refractivity contribution is -0.147. The number of carboxylic acid groups (broad SMARTS) is 1. The molecule has 1 saturated carbocycles. The summed E-state index contributed by atoms with van der Waals surface area (Å²) in [6, 6.07) is 3.46. The summed E-state index contributed by atoms with van der Waals surface area (Å²) in [4.78, 5) is 11.4. The minimum absolute atomic E-state index is 0.0938. The summed E-state index contributed by atoms with van der Waals surface area (Å²) in [5.74, 6) is -0.741. The second-order valence-corrected chi connectivity index (χ2v) is 4.87. The van der Waals surface area contributed by atoms with Crippen LogP contribution in [0.3, 0.4) is 0 Å². The van der Waals surface area contributed by atoms with Crippen LogP contribution in [0.4, 0.5) is 0 Å². The fraction of sp³-hybridized carbons (Fsp3) is 0.462. The van der Waals surface area contributed by atoms with Crippen LogP contribution in [0.15, 0.2) is 12.1 Å². The second-order valence-electron chi connectivity index (χ2n) is 4.87. The third-order valence-corrected chi connectivity index (χ3v) is 3.97. The van der Waals surface area contributed by atoms with Crippen LogP contribution in [0.2, 0.25) is 0 Å². The van der Waals surface area contributed by atoms with Gasteiger partial charge in [-0.15, -0.1) is 0 Å². The number of carbonyl (C=O) groups is 1. The van der Waals surface area contributed by atoms with E-state index >= 15 is 0 Å². The number of phenolic OH excluding ortho intramolecular Hbond substituents is 1. The first-order chi connectivity index (χ1) is 8.13. The Morgan fingerprint density at radius 3 is 2.41 bits per heavy atom. The van der Waals surface area contributed by atoms with E-state index in [9.17, 15) is 15.0 Å². The zero-order valence-electron chi connectivity index (χ0n) is 9.40. The van der Waals surface area contributed by atoms with Crippen molar-refractivity contribution < 1.29 is 19.7 Å². The Bertz CT molecular complexity index is 488. The van der Waals surface area contributed by atoms with Crippen molar-refractivity contribution in [2.75, 3.05) is 0 Å². The highest BCUT2D eigenvalue weighted by Gasteiger charge is 2.47. The molecular formula is C13H14O4. The minimum atomic E-state index is -0.873. The summed E-state index contributed by atoms with van der Waals surface area (Å²) in [6.07, 6.45) is 2.12. The Balaban J connectivity index is 2.11. The van der Waals surface area contributed by atoms with Gasteiger partial charge >= 0.3 is 5.97 Å². The highest BCUT2D eigenvalue weighted by Crippen LogP contribution is 2.48. The van der Waals surface area contributed by atoms with Crippen LogP contribution in [0.25, 0.3) is 0 Å². The molecule has 0 aromatic heterocycles. The van der Waals surface area contributed by atoms with Crippen molar-refractivity contribution in [3.05, 3.63) is 28.8 Å². The van der Waals surface area contributed by atoms with E-state index in [-0.39, 0.29) is 5.75 Å². The Kier molecular flexibility index (Phi) is 2.16. The Morgan fingerprint density at radius 1 is 1.24 bits per heavy atom. The standard InChI is InChI=1S/C13H14O4/c14-11-5-9-7-17-6-8(9)4-10(11)13(12(15)16)2-1-3-13/h4-5,14H,1-3,6-7H2,(H,15,16). The molecule has 0 saturated heterocycles. The summed E-state index contributed by atoms with van der Waals surface area (Å²) in [5, 5.41) is 19.4. The average Bonchev–Trinajstić information content (AvgIpc) is 2.62. The number of phenols is 1. The summed E-state index contributed by atoms with van der Waals surface area (Å²) >= 11 is 0. The molecule has 1 aromatic rings. The molecule has 0 radical (unpaired) electrons. The Hall–Kier alpha value is -1.55. The topological polar surface area (TPSA) is 66.8 Å². The number of rotatable bonds is 2. The Morgan fingerprint density at radius 2 is 1.88 bits per heavy atom. The molecule has 0 atom stereocenters. The fourth-order valence-electron chi connectivity index (χ4n) is 2.73. The van der Waals surface area contributed by atoms with Gasteiger partial charge in [-0.25, -0.2) is 0 Å². The van der Waals surface area contributed by atoms with Gasteiger partial charge in [-0.2, -0.15) is 0 Å². The maximum Gasteiger partial charge on any atom is 0.314 e. The van der Waals surface area contributed by atoms with Crippen LogP contribution in [0.1, 0.15) is 36.0 Å². The number of aliphatic carboxylic acids is 1. The zero-order valence-corrected chi connectivity index (χ0v) is 9.40. The minimum Gasteiger partial charge on any atom is -0.508 e. The van der Waals surface area contributed by atoms with Crippen molar-refractivity contribution in [3.63, 3.8) is 0 Å². The second kappa shape index (κ2) is 3.47. The molecule has 17 heavy (non-hydrogen) atoms. The molecule has 0 amide bonds. The number of fused-ring (bicyclic) bond motifs is 1. The van der Waals surface area contributed by atoms with E-state index in [0.29, 0.717) is 31.6 Å². The van der Waals surface area contributed by atoms with Gasteiger partial charge < -0.3 is 14.9 Å². The third-order valence-electron chi connectivity index (χ3n) is 3.97. The van der Waals surface area contributed by atoms with E-state index in [0.717, 1.165) is 17.5 Å². The first-order valence-electron chi connectivity index (χ1n) is 5.80. The van der Waals surface area contributed by atoms with Crippen molar-refractivity contribution >= 4 is 5.97 Å². The summed E-state index contributed by atoms with van der Waals surface area (Å²) < 4.78 is 5.29. The smallest absolute Gasteiger partial charge is 0.314 e. The molecule has 1 aliphatic heterocycles. The molecule has 1 fully saturated rings. The molecule has 4 heteroatoms. The predicted octanol–water partition coefficient (Wildman–Crippen LogP) is 1.93. The van der Waals surface area contributed by atoms with Gasteiger partial charge in [0.15, 0.2) is 0 Å². The van der Waals surface area contributed by atoms with Gasteiger partial charge in [-0.1, -0.05) is 6.42 Å². The number of hydrogen-bond acceptors (Lipinski definition) is 3. The SMILES string of the molecule is O=C(O)C1(c2cc3c(cc2O)COC3)CCC1. The molecule has 2 N–H and O–H groups in total. The predicted molar refractivity (Wildman–Crippen MR) is 59.8 cm³/mol. The summed E-state index contributed by atoms with van der Waals surface area (Å²) in [7, 11) is 0. The highest BCUT2D eigenvalue weighted by molar-refractivity contribution is 5.83. The normalized spacial score (nSPS) is 20.7. The first kappa shape index (κ1) is 10.6. The van der Waals surface area contributed by atoms with Crippen LogP contribution < -0.4 is 0 Å². The molecule has 3 rings (SSSR count). The van der Waals surface area contributed by atoms with Crippen molar-refractivity contribution in [2.45, 2.75) is 37.9 Å². The largest absolute Gasteiger partial charge is 0.508 e. The number of aromatic hydroxyl groups is 1. The van der Waals surface area contributed by atoms with E-state index in [1.54, 1.807) is 6.07 Å². The summed E-state index contributed by atoms with van der Waals surface area (Å²) in [6.45, 7) is 1.02. The van der Waals surface area contributed by atoms with Crippen LogP contribution in [-0.2, 0) is 28.2 Å². The highest BCUT2D eigenvalue weighted by atomic mass is 16.5. The van der Waals surface area contributed by atoms with Gasteiger partial charge in [0.2, 0.25) is 0 Å². The monoisotopic (exact) mass is 234 g/mol. The lowest BCUT2D eigenvalue weighted by atomic mass is 9.64. The molecule has 0 spiro atoms. The van der Waals surface area contributed by atoms with Crippen molar-refractivity contribution in [3.8, 4) is 5.75 Å². The first-order valence-corrected chi connectivity index (χ1v) is 5.80. The van der Waals surface area contributed by atoms with Crippen LogP contribution >= 0.6 is 0 Å². The molecular weight excluding hydrogens is 220 g/mol. The van der Waals surface area contributed by atoms with Gasteiger partial charge in [0.05, 0.1) is 18.6 Å². The van der Waals surface area contributed by atoms with E-state index in [1.165, 1.54) is 0 Å². The maximum absolute atomic E-state index is 11.4. The molecule has 1 heterocycles. The Labute approximate surface area is 98.8 Å². The lowest BCUT2D eigenvalue weighted by Crippen LogP contribution is -2.42. The molecule has 1 aliphatic carbocycles. The summed E-state index contributed by atoms with van der Waals surface area (Å²) in [5.41, 5.74) is 1.65. The quantitative estimate of drug-likeness (QED) is 0.820. The zero-order chi connectivity index (χ0) is 12.0. The van der Waals surface area contributed by atoms with E-state index < -0.39 is 11.4 Å². The van der Waals surface area contributed by atoms with Gasteiger partial charge in [-0.05, 0) is 36.1 Å². The number of carboxylic acids is 1. The third kappa shape index (κ3) is 1.37. The van der Waals surface area contributed by atoms with Crippen LogP contribution in [0.5, 0.6) is 5.75 Å². The van der Waals surface area contributed by atoms with Gasteiger partial charge in [-0.3, -0.25) is 4.79 Å². The van der Waals surface area contributed by atoms with Crippen molar-refractivity contribution in [1.29, 1.82) is 0 Å². The number of hydrogen-bond donors (Lipinski definition) is 2. The maximum atomic E-state index is 11.4. The number of benzene rings is 1. The molecule has 0 unspecified atom stereocenters.